The molecule has 1 amide bonds. The van der Waals surface area contributed by atoms with Crippen LogP contribution < -0.4 is 19.2 Å². The van der Waals surface area contributed by atoms with Crippen LogP contribution >= 0.6 is 0 Å². The van der Waals surface area contributed by atoms with Gasteiger partial charge in [-0.3, -0.25) is 19.2 Å². The maximum absolute atomic E-state index is 13.5. The number of nitro groups is 1. The maximum Gasteiger partial charge on any atom is 0.269 e. The molecule has 0 radical (unpaired) electrons. The molecule has 182 valence electrons. The molecule has 0 aliphatic carbocycles. The number of nitro benzene ring substituents is 1. The molecule has 0 fully saturated rings. The number of nitrogens with zero attached hydrogens (tertiary/aromatic N) is 3. The molecule has 0 aliphatic rings. The van der Waals surface area contributed by atoms with Crippen LogP contribution in [-0.2, 0) is 14.8 Å². The Morgan fingerprint density at radius 3 is 2.29 bits per heavy atom. The van der Waals surface area contributed by atoms with Gasteiger partial charge in [0, 0.05) is 18.2 Å². The zero-order chi connectivity index (χ0) is 25.4. The highest BCUT2D eigenvalue weighted by molar-refractivity contribution is 7.92. The molecular weight excluding hydrogens is 476 g/mol. The number of carbonyl (C=O) groups is 1. The van der Waals surface area contributed by atoms with E-state index in [1.807, 2.05) is 0 Å². The number of sulfonamides is 1. The molecule has 0 saturated heterocycles. The van der Waals surface area contributed by atoms with E-state index in [9.17, 15) is 23.3 Å². The van der Waals surface area contributed by atoms with Gasteiger partial charge in [-0.1, -0.05) is 18.2 Å². The zero-order valence-electron chi connectivity index (χ0n) is 18.8. The smallest absolute Gasteiger partial charge is 0.269 e. The number of nitrogens with one attached hydrogen (secondary N) is 1. The SMILES string of the molecule is COc1ccc(S(=O)(=O)N(CC(=O)N/N=C\c2ccc([N+](=O)[O-])cc2)c2ccccc2)cc1OC. The summed E-state index contributed by atoms with van der Waals surface area (Å²) < 4.78 is 38.3. The van der Waals surface area contributed by atoms with E-state index in [0.717, 1.165) is 4.31 Å². The molecule has 3 aromatic rings. The summed E-state index contributed by atoms with van der Waals surface area (Å²) >= 11 is 0. The largest absolute Gasteiger partial charge is 0.493 e. The van der Waals surface area contributed by atoms with Crippen molar-refractivity contribution < 1.29 is 27.6 Å². The van der Waals surface area contributed by atoms with Crippen LogP contribution in [0.2, 0.25) is 0 Å². The average Bonchev–Trinajstić information content (AvgIpc) is 2.87. The third-order valence-corrected chi connectivity index (χ3v) is 6.55. The van der Waals surface area contributed by atoms with E-state index in [1.54, 1.807) is 30.3 Å². The lowest BCUT2D eigenvalue weighted by atomic mass is 10.2. The number of benzene rings is 3. The van der Waals surface area contributed by atoms with Crippen molar-refractivity contribution in [1.82, 2.24) is 5.43 Å². The topological polar surface area (TPSA) is 140 Å². The average molecular weight is 499 g/mol. The minimum absolute atomic E-state index is 0.0787. The molecule has 12 heteroatoms. The lowest BCUT2D eigenvalue weighted by Gasteiger charge is -2.24. The van der Waals surface area contributed by atoms with E-state index < -0.39 is 27.4 Å². The van der Waals surface area contributed by atoms with Gasteiger partial charge >= 0.3 is 0 Å². The van der Waals surface area contributed by atoms with Crippen LogP contribution in [0.5, 0.6) is 11.5 Å². The lowest BCUT2D eigenvalue weighted by Crippen LogP contribution is -2.39. The van der Waals surface area contributed by atoms with Crippen LogP contribution in [0.3, 0.4) is 0 Å². The number of ether oxygens (including phenoxy) is 2. The van der Waals surface area contributed by atoms with Crippen LogP contribution in [0.15, 0.2) is 82.8 Å². The Kier molecular flexibility index (Phi) is 8.00. The number of hydrogen-bond acceptors (Lipinski definition) is 8. The van der Waals surface area contributed by atoms with Crippen LogP contribution in [0, 0.1) is 10.1 Å². The highest BCUT2D eigenvalue weighted by atomic mass is 32.2. The van der Waals surface area contributed by atoms with Gasteiger partial charge in [-0.15, -0.1) is 0 Å². The molecule has 3 rings (SSSR count). The minimum Gasteiger partial charge on any atom is -0.493 e. The van der Waals surface area contributed by atoms with E-state index in [2.05, 4.69) is 10.5 Å². The first kappa shape index (κ1) is 25.2. The third-order valence-electron chi connectivity index (χ3n) is 4.78. The number of rotatable bonds is 10. The molecule has 0 unspecified atom stereocenters. The van der Waals surface area contributed by atoms with Crippen LogP contribution in [0.25, 0.3) is 0 Å². The molecule has 0 aliphatic heterocycles. The molecule has 0 heterocycles. The first-order valence-electron chi connectivity index (χ1n) is 10.1. The standard InChI is InChI=1S/C23H22N4O7S/c1-33-21-13-12-20(14-22(21)34-2)35(31,32)26(18-6-4-3-5-7-18)16-23(28)25-24-15-17-8-10-19(11-9-17)27(29)30/h3-15H,16H2,1-2H3,(H,25,28)/b24-15-. The summed E-state index contributed by atoms with van der Waals surface area (Å²) in [5.74, 6) is -0.120. The van der Waals surface area contributed by atoms with Crippen LogP contribution in [0.1, 0.15) is 5.56 Å². The van der Waals surface area contributed by atoms with E-state index in [1.165, 1.54) is 62.9 Å². The van der Waals surface area contributed by atoms with Crippen molar-refractivity contribution in [3.8, 4) is 11.5 Å². The van der Waals surface area contributed by atoms with Gasteiger partial charge in [0.15, 0.2) is 11.5 Å². The molecule has 0 atom stereocenters. The fraction of sp³-hybridized carbons (Fsp3) is 0.130. The van der Waals surface area contributed by atoms with Gasteiger partial charge in [-0.2, -0.15) is 5.10 Å². The number of hydrogen-bond donors (Lipinski definition) is 1. The van der Waals surface area contributed by atoms with Gasteiger partial charge in [0.1, 0.15) is 6.54 Å². The molecule has 1 N–H and O–H groups in total. The van der Waals surface area contributed by atoms with Gasteiger partial charge in [0.05, 0.1) is 35.9 Å². The fourth-order valence-electron chi connectivity index (χ4n) is 3.04. The van der Waals surface area contributed by atoms with Gasteiger partial charge in [0.2, 0.25) is 0 Å². The third kappa shape index (κ3) is 6.12. The second kappa shape index (κ2) is 11.1. The number of methoxy groups -OCH3 is 2. The second-order valence-electron chi connectivity index (χ2n) is 7.01. The van der Waals surface area contributed by atoms with Crippen molar-refractivity contribution in [3.05, 3.63) is 88.5 Å². The molecule has 0 aromatic heterocycles. The molecular formula is C23H22N4O7S. The summed E-state index contributed by atoms with van der Waals surface area (Å²) in [5.41, 5.74) is 2.98. The number of amides is 1. The number of hydrazone groups is 1. The summed E-state index contributed by atoms with van der Waals surface area (Å²) in [6.07, 6.45) is 1.29. The van der Waals surface area contributed by atoms with Gasteiger partial charge in [0.25, 0.3) is 21.6 Å². The monoisotopic (exact) mass is 498 g/mol. The molecule has 0 spiro atoms. The molecule has 11 nitrogen and oxygen atoms in total. The fourth-order valence-corrected chi connectivity index (χ4v) is 4.48. The Bertz CT molecular complexity index is 1330. The van der Waals surface area contributed by atoms with Gasteiger partial charge < -0.3 is 9.47 Å². The number of carbonyl (C=O) groups excluding carboxylic acids is 1. The summed E-state index contributed by atoms with van der Waals surface area (Å²) in [4.78, 5) is 22.7. The highest BCUT2D eigenvalue weighted by Crippen LogP contribution is 2.32. The highest BCUT2D eigenvalue weighted by Gasteiger charge is 2.28. The Labute approximate surface area is 201 Å². The number of non-ortho nitro benzene ring substituents is 1. The summed E-state index contributed by atoms with van der Waals surface area (Å²) in [6, 6.07) is 17.8. The van der Waals surface area contributed by atoms with E-state index in [-0.39, 0.29) is 22.0 Å². The Hall–Kier alpha value is -4.45. The lowest BCUT2D eigenvalue weighted by molar-refractivity contribution is -0.384. The molecule has 0 saturated carbocycles. The predicted octanol–water partition coefficient (Wildman–Crippen LogP) is 2.96. The normalized spacial score (nSPS) is 11.1. The quantitative estimate of drug-likeness (QED) is 0.257. The van der Waals surface area contributed by atoms with E-state index in [4.69, 9.17) is 9.47 Å². The Morgan fingerprint density at radius 1 is 1.03 bits per heavy atom. The first-order chi connectivity index (χ1) is 16.8. The van der Waals surface area contributed by atoms with Crippen molar-refractivity contribution in [2.45, 2.75) is 4.90 Å². The van der Waals surface area contributed by atoms with Gasteiger partial charge in [-0.05, 0) is 42.0 Å². The van der Waals surface area contributed by atoms with Crippen molar-refractivity contribution in [3.63, 3.8) is 0 Å². The number of anilines is 1. The van der Waals surface area contributed by atoms with E-state index in [0.29, 0.717) is 11.3 Å². The number of para-hydroxylation sites is 1. The molecule has 35 heavy (non-hydrogen) atoms. The Morgan fingerprint density at radius 2 is 1.69 bits per heavy atom. The van der Waals surface area contributed by atoms with Gasteiger partial charge in [-0.25, -0.2) is 13.8 Å². The zero-order valence-corrected chi connectivity index (χ0v) is 19.6. The van der Waals surface area contributed by atoms with E-state index >= 15 is 0 Å². The predicted molar refractivity (Wildman–Crippen MR) is 129 cm³/mol. The molecule has 3 aromatic carbocycles. The van der Waals surface area contributed by atoms with Crippen LogP contribution in [-0.4, -0.2) is 46.2 Å². The van der Waals surface area contributed by atoms with Crippen molar-refractivity contribution >= 4 is 33.5 Å². The first-order valence-corrected chi connectivity index (χ1v) is 11.6. The maximum atomic E-state index is 13.5. The van der Waals surface area contributed by atoms with Crippen molar-refractivity contribution in [2.24, 2.45) is 5.10 Å². The minimum atomic E-state index is -4.18. The summed E-state index contributed by atoms with van der Waals surface area (Å²) in [5, 5.41) is 14.5. The molecule has 0 bridgehead atoms. The Balaban J connectivity index is 1.82. The summed E-state index contributed by atoms with van der Waals surface area (Å²) in [7, 11) is -1.35. The van der Waals surface area contributed by atoms with Crippen molar-refractivity contribution in [2.75, 3.05) is 25.1 Å². The van der Waals surface area contributed by atoms with Crippen molar-refractivity contribution in [1.29, 1.82) is 0 Å². The van der Waals surface area contributed by atoms with Crippen LogP contribution in [0.4, 0.5) is 11.4 Å². The second-order valence-corrected chi connectivity index (χ2v) is 8.87. The summed E-state index contributed by atoms with van der Waals surface area (Å²) in [6.45, 7) is -0.557.